The van der Waals surface area contributed by atoms with Crippen LogP contribution in [0.1, 0.15) is 24.0 Å². The number of methoxy groups -OCH3 is 2. The van der Waals surface area contributed by atoms with Crippen molar-refractivity contribution < 1.29 is 14.3 Å². The van der Waals surface area contributed by atoms with Crippen molar-refractivity contribution in [3.63, 3.8) is 0 Å². The van der Waals surface area contributed by atoms with Crippen LogP contribution in [0.2, 0.25) is 0 Å². The molecule has 0 saturated carbocycles. The second-order valence-electron chi connectivity index (χ2n) is 5.66. The minimum atomic E-state index is -0.848. The maximum atomic E-state index is 12.5. The van der Waals surface area contributed by atoms with Gasteiger partial charge in [-0.2, -0.15) is 0 Å². The molecule has 0 heterocycles. The highest BCUT2D eigenvalue weighted by molar-refractivity contribution is 6.01. The van der Waals surface area contributed by atoms with Crippen LogP contribution in [-0.4, -0.2) is 25.6 Å². The molecule has 110 valence electrons. The van der Waals surface area contributed by atoms with Crippen LogP contribution >= 0.6 is 0 Å². The van der Waals surface area contributed by atoms with Crippen LogP contribution in [0.25, 0.3) is 0 Å². The van der Waals surface area contributed by atoms with Crippen LogP contribution < -0.4 is 0 Å². The molecule has 21 heavy (non-hydrogen) atoms. The molecule has 0 aliphatic heterocycles. The Balaban J connectivity index is 2.04. The first kappa shape index (κ1) is 14.1. The Bertz CT molecular complexity index is 610. The normalized spacial score (nSPS) is 25.0. The van der Waals surface area contributed by atoms with Gasteiger partial charge in [0.2, 0.25) is 0 Å². The van der Waals surface area contributed by atoms with Crippen molar-refractivity contribution in [3.05, 3.63) is 58.9 Å². The summed E-state index contributed by atoms with van der Waals surface area (Å²) in [6.07, 6.45) is 6.81. The average Bonchev–Trinajstić information content (AvgIpc) is 2.57. The number of ether oxygens (including phenoxy) is 2. The first-order chi connectivity index (χ1) is 10.2. The molecule has 3 heteroatoms. The predicted molar refractivity (Wildman–Crippen MR) is 81.0 cm³/mol. The molecule has 3 nitrogen and oxygen atoms in total. The minimum absolute atomic E-state index is 0.0272. The van der Waals surface area contributed by atoms with E-state index in [1.165, 1.54) is 11.1 Å². The Morgan fingerprint density at radius 2 is 1.67 bits per heavy atom. The predicted octanol–water partition coefficient (Wildman–Crippen LogP) is 2.99. The molecule has 1 aromatic carbocycles. The summed E-state index contributed by atoms with van der Waals surface area (Å²) in [5.74, 6) is 0.642. The Labute approximate surface area is 125 Å². The summed E-state index contributed by atoms with van der Waals surface area (Å²) >= 11 is 0. The Morgan fingerprint density at radius 1 is 1.00 bits per heavy atom. The SMILES string of the molecule is COC1=CC(=O)C2(OC)C=C1CCc1ccc(cc1)CC2. The van der Waals surface area contributed by atoms with Gasteiger partial charge in [0.25, 0.3) is 0 Å². The van der Waals surface area contributed by atoms with Crippen LogP contribution in [0.15, 0.2) is 47.7 Å². The number of carbonyl (C=O) groups is 1. The summed E-state index contributed by atoms with van der Waals surface area (Å²) in [5, 5.41) is 0. The third kappa shape index (κ3) is 2.54. The average molecular weight is 284 g/mol. The molecule has 0 saturated heterocycles. The molecule has 3 aliphatic carbocycles. The lowest BCUT2D eigenvalue weighted by Crippen LogP contribution is -2.41. The Morgan fingerprint density at radius 3 is 2.29 bits per heavy atom. The van der Waals surface area contributed by atoms with E-state index in [0.29, 0.717) is 12.2 Å². The zero-order valence-corrected chi connectivity index (χ0v) is 12.5. The molecule has 0 radical (unpaired) electrons. The fraction of sp³-hybridized carbons (Fsp3) is 0.389. The molecular formula is C18H20O3. The number of allylic oxidation sites excluding steroid dienone is 1. The van der Waals surface area contributed by atoms with Gasteiger partial charge in [0.15, 0.2) is 5.78 Å². The summed E-state index contributed by atoms with van der Waals surface area (Å²) in [4.78, 5) is 12.5. The molecule has 3 aliphatic rings. The van der Waals surface area contributed by atoms with Crippen molar-refractivity contribution in [2.45, 2.75) is 31.3 Å². The zero-order valence-electron chi connectivity index (χ0n) is 12.5. The largest absolute Gasteiger partial charge is 0.496 e. The van der Waals surface area contributed by atoms with Gasteiger partial charge in [-0.3, -0.25) is 4.79 Å². The topological polar surface area (TPSA) is 35.5 Å². The van der Waals surface area contributed by atoms with Gasteiger partial charge in [0.05, 0.1) is 7.11 Å². The summed E-state index contributed by atoms with van der Waals surface area (Å²) in [6.45, 7) is 0. The summed E-state index contributed by atoms with van der Waals surface area (Å²) < 4.78 is 11.0. The maximum Gasteiger partial charge on any atom is 0.195 e. The fourth-order valence-corrected chi connectivity index (χ4v) is 3.08. The van der Waals surface area contributed by atoms with Gasteiger partial charge >= 0.3 is 0 Å². The van der Waals surface area contributed by atoms with Crippen LogP contribution in [0.5, 0.6) is 0 Å². The monoisotopic (exact) mass is 284 g/mol. The number of rotatable bonds is 2. The maximum absolute atomic E-state index is 12.5. The summed E-state index contributed by atoms with van der Waals surface area (Å²) in [5.41, 5.74) is 2.75. The quantitative estimate of drug-likeness (QED) is 0.837. The number of ketones is 1. The Hall–Kier alpha value is -1.87. The van der Waals surface area contributed by atoms with Crippen LogP contribution in [0, 0.1) is 0 Å². The van der Waals surface area contributed by atoms with E-state index in [4.69, 9.17) is 9.47 Å². The molecule has 0 fully saturated rings. The van der Waals surface area contributed by atoms with E-state index in [-0.39, 0.29) is 5.78 Å². The smallest absolute Gasteiger partial charge is 0.195 e. The lowest BCUT2D eigenvalue weighted by atomic mass is 9.83. The number of aryl methyl sites for hydroxylation is 2. The molecule has 4 rings (SSSR count). The van der Waals surface area contributed by atoms with Crippen molar-refractivity contribution in [1.29, 1.82) is 0 Å². The summed E-state index contributed by atoms with van der Waals surface area (Å²) in [6, 6.07) is 8.63. The van der Waals surface area contributed by atoms with Crippen molar-refractivity contribution in [1.82, 2.24) is 0 Å². The fourth-order valence-electron chi connectivity index (χ4n) is 3.08. The number of hydrogen-bond donors (Lipinski definition) is 0. The second kappa shape index (κ2) is 5.49. The minimum Gasteiger partial charge on any atom is -0.496 e. The number of hydrogen-bond acceptors (Lipinski definition) is 3. The molecule has 0 N–H and O–H groups in total. The number of carbonyl (C=O) groups excluding carboxylic acids is 1. The van der Waals surface area contributed by atoms with E-state index in [0.717, 1.165) is 24.8 Å². The van der Waals surface area contributed by atoms with Crippen LogP contribution in [0.4, 0.5) is 0 Å². The van der Waals surface area contributed by atoms with Gasteiger partial charge in [-0.25, -0.2) is 0 Å². The molecular weight excluding hydrogens is 264 g/mol. The van der Waals surface area contributed by atoms with Gasteiger partial charge in [-0.15, -0.1) is 0 Å². The zero-order chi connectivity index (χ0) is 14.9. The highest BCUT2D eigenvalue weighted by Gasteiger charge is 2.39. The van der Waals surface area contributed by atoms with Gasteiger partial charge in [0.1, 0.15) is 11.4 Å². The Kier molecular flexibility index (Phi) is 3.68. The molecule has 0 amide bonds. The standard InChI is InChI=1S/C18H20O3/c1-20-16-11-17(19)18(21-2)10-9-14-5-3-13(4-6-14)7-8-15(16)12-18/h3-6,11-12H,7-10H2,1-2H3. The van der Waals surface area contributed by atoms with Crippen LogP contribution in [-0.2, 0) is 27.1 Å². The number of fused-ring (bicyclic) bond motifs is 4. The van der Waals surface area contributed by atoms with E-state index in [2.05, 4.69) is 24.3 Å². The van der Waals surface area contributed by atoms with Gasteiger partial charge in [-0.05, 0) is 48.5 Å². The number of benzene rings is 1. The molecule has 1 atom stereocenters. The third-order valence-corrected chi connectivity index (χ3v) is 4.48. The molecule has 0 spiro atoms. The van der Waals surface area contributed by atoms with Crippen molar-refractivity contribution in [2.75, 3.05) is 14.2 Å². The first-order valence-corrected chi connectivity index (χ1v) is 7.32. The summed E-state index contributed by atoms with van der Waals surface area (Å²) in [7, 11) is 3.22. The lowest BCUT2D eigenvalue weighted by molar-refractivity contribution is -0.131. The first-order valence-electron chi connectivity index (χ1n) is 7.32. The third-order valence-electron chi connectivity index (χ3n) is 4.48. The van der Waals surface area contributed by atoms with Gasteiger partial charge in [0, 0.05) is 13.2 Å². The molecule has 4 bridgehead atoms. The van der Waals surface area contributed by atoms with Crippen LogP contribution in [0.3, 0.4) is 0 Å². The van der Waals surface area contributed by atoms with E-state index in [1.807, 2.05) is 6.08 Å². The van der Waals surface area contributed by atoms with E-state index in [1.54, 1.807) is 20.3 Å². The van der Waals surface area contributed by atoms with Gasteiger partial charge < -0.3 is 9.47 Å². The second-order valence-corrected chi connectivity index (χ2v) is 5.66. The molecule has 0 aromatic heterocycles. The van der Waals surface area contributed by atoms with E-state index in [9.17, 15) is 4.79 Å². The van der Waals surface area contributed by atoms with Crippen molar-refractivity contribution in [3.8, 4) is 0 Å². The van der Waals surface area contributed by atoms with Gasteiger partial charge in [-0.1, -0.05) is 24.3 Å². The van der Waals surface area contributed by atoms with Crippen molar-refractivity contribution >= 4 is 5.78 Å². The van der Waals surface area contributed by atoms with E-state index < -0.39 is 5.60 Å². The molecule has 1 aromatic rings. The van der Waals surface area contributed by atoms with E-state index >= 15 is 0 Å². The highest BCUT2D eigenvalue weighted by Crippen LogP contribution is 2.33. The molecule has 1 unspecified atom stereocenters. The lowest BCUT2D eigenvalue weighted by Gasteiger charge is -2.31. The van der Waals surface area contributed by atoms with Crippen molar-refractivity contribution in [2.24, 2.45) is 0 Å². The highest BCUT2D eigenvalue weighted by atomic mass is 16.5.